The smallest absolute Gasteiger partial charge is 0.260 e. The van der Waals surface area contributed by atoms with Gasteiger partial charge in [-0.1, -0.05) is 0 Å². The molecule has 26 heavy (non-hydrogen) atoms. The van der Waals surface area contributed by atoms with Crippen LogP contribution in [0.2, 0.25) is 0 Å². The molecule has 0 aromatic carbocycles. The molecular formula is C18H20N4O2S2. The van der Waals surface area contributed by atoms with E-state index in [-0.39, 0.29) is 17.4 Å². The first kappa shape index (κ1) is 17.4. The summed E-state index contributed by atoms with van der Waals surface area (Å²) in [5.74, 6) is 0.277. The largest absolute Gasteiger partial charge is 0.369 e. The monoisotopic (exact) mass is 388 g/mol. The van der Waals surface area contributed by atoms with E-state index >= 15 is 0 Å². The number of hydrogen-bond acceptors (Lipinski definition) is 6. The van der Waals surface area contributed by atoms with Gasteiger partial charge < -0.3 is 10.7 Å². The van der Waals surface area contributed by atoms with E-state index in [9.17, 15) is 9.59 Å². The van der Waals surface area contributed by atoms with Crippen molar-refractivity contribution in [1.82, 2.24) is 14.9 Å². The zero-order chi connectivity index (χ0) is 18.3. The molecular weight excluding hydrogens is 368 g/mol. The SMILES string of the molecule is Cc1ccc(-c2csc3nc(CN4CCC[C@@H](C(N)=O)C4)[nH]c(=O)c23)s1. The summed E-state index contributed by atoms with van der Waals surface area (Å²) in [6, 6.07) is 4.11. The summed E-state index contributed by atoms with van der Waals surface area (Å²) in [7, 11) is 0. The Morgan fingerprint density at radius 3 is 3.04 bits per heavy atom. The molecule has 136 valence electrons. The quantitative estimate of drug-likeness (QED) is 0.719. The Balaban J connectivity index is 1.62. The highest BCUT2D eigenvalue weighted by Gasteiger charge is 2.24. The third kappa shape index (κ3) is 3.32. The Kier molecular flexibility index (Phi) is 4.64. The van der Waals surface area contributed by atoms with Gasteiger partial charge in [0.2, 0.25) is 5.91 Å². The molecule has 0 aliphatic carbocycles. The van der Waals surface area contributed by atoms with Gasteiger partial charge in [0, 0.05) is 27.2 Å². The Bertz CT molecular complexity index is 1020. The molecule has 3 N–H and O–H groups in total. The van der Waals surface area contributed by atoms with Crippen LogP contribution in [0, 0.1) is 12.8 Å². The molecule has 4 rings (SSSR count). The maximum absolute atomic E-state index is 12.7. The second kappa shape index (κ2) is 6.94. The number of piperidine rings is 1. The van der Waals surface area contributed by atoms with Crippen molar-refractivity contribution in [3.63, 3.8) is 0 Å². The standard InChI is InChI=1S/C18H20N4O2S2/c1-10-4-5-13(26-10)12-9-25-18-15(12)17(24)20-14(21-18)8-22-6-2-3-11(7-22)16(19)23/h4-5,9,11H,2-3,6-8H2,1H3,(H2,19,23)(H,20,21,24)/t11-/m1/s1. The summed E-state index contributed by atoms with van der Waals surface area (Å²) in [5, 5.41) is 2.67. The van der Waals surface area contributed by atoms with E-state index in [0.717, 1.165) is 34.7 Å². The van der Waals surface area contributed by atoms with Gasteiger partial charge in [-0.15, -0.1) is 22.7 Å². The van der Waals surface area contributed by atoms with Gasteiger partial charge in [-0.3, -0.25) is 14.5 Å². The zero-order valence-electron chi connectivity index (χ0n) is 14.4. The van der Waals surface area contributed by atoms with E-state index in [4.69, 9.17) is 5.73 Å². The molecule has 0 radical (unpaired) electrons. The summed E-state index contributed by atoms with van der Waals surface area (Å²) in [6.07, 6.45) is 1.77. The number of aryl methyl sites for hydroxylation is 1. The molecule has 1 saturated heterocycles. The molecule has 8 heteroatoms. The fraction of sp³-hybridized carbons (Fsp3) is 0.389. The Labute approximate surface area is 158 Å². The minimum atomic E-state index is -0.249. The van der Waals surface area contributed by atoms with Gasteiger partial charge >= 0.3 is 0 Å². The number of carbonyl (C=O) groups excluding carboxylic acids is 1. The summed E-state index contributed by atoms with van der Waals surface area (Å²) in [4.78, 5) is 36.9. The molecule has 1 amide bonds. The molecule has 0 saturated carbocycles. The number of H-pyrrole nitrogens is 1. The van der Waals surface area contributed by atoms with Crippen LogP contribution in [-0.4, -0.2) is 33.9 Å². The van der Waals surface area contributed by atoms with Crippen molar-refractivity contribution >= 4 is 38.8 Å². The number of likely N-dealkylation sites (tertiary alicyclic amines) is 1. The van der Waals surface area contributed by atoms with Crippen molar-refractivity contribution in [3.8, 4) is 10.4 Å². The van der Waals surface area contributed by atoms with E-state index in [1.807, 2.05) is 11.4 Å². The number of aromatic amines is 1. The highest BCUT2D eigenvalue weighted by molar-refractivity contribution is 7.19. The van der Waals surface area contributed by atoms with E-state index in [2.05, 4.69) is 27.9 Å². The van der Waals surface area contributed by atoms with Gasteiger partial charge in [-0.25, -0.2) is 4.98 Å². The first-order valence-electron chi connectivity index (χ1n) is 8.60. The van der Waals surface area contributed by atoms with E-state index in [1.165, 1.54) is 16.2 Å². The van der Waals surface area contributed by atoms with Crippen molar-refractivity contribution in [1.29, 1.82) is 0 Å². The number of nitrogens with zero attached hydrogens (tertiary/aromatic N) is 2. The van der Waals surface area contributed by atoms with E-state index in [1.54, 1.807) is 11.3 Å². The van der Waals surface area contributed by atoms with E-state index in [0.29, 0.717) is 24.3 Å². The Hall–Kier alpha value is -2.03. The number of nitrogens with one attached hydrogen (secondary N) is 1. The molecule has 0 unspecified atom stereocenters. The molecule has 1 aliphatic rings. The van der Waals surface area contributed by atoms with Gasteiger partial charge in [0.25, 0.3) is 5.56 Å². The molecule has 1 atom stereocenters. The van der Waals surface area contributed by atoms with Crippen molar-refractivity contribution in [2.24, 2.45) is 11.7 Å². The minimum absolute atomic E-state index is 0.101. The lowest BCUT2D eigenvalue weighted by Crippen LogP contribution is -2.41. The van der Waals surface area contributed by atoms with Crippen molar-refractivity contribution < 1.29 is 4.79 Å². The van der Waals surface area contributed by atoms with Crippen LogP contribution in [0.25, 0.3) is 20.7 Å². The van der Waals surface area contributed by atoms with Crippen LogP contribution in [0.4, 0.5) is 0 Å². The summed E-state index contributed by atoms with van der Waals surface area (Å²) in [5.41, 5.74) is 6.30. The zero-order valence-corrected chi connectivity index (χ0v) is 16.1. The number of aromatic nitrogens is 2. The molecule has 0 spiro atoms. The number of primary amides is 1. The van der Waals surface area contributed by atoms with Crippen LogP contribution in [0.3, 0.4) is 0 Å². The molecule has 6 nitrogen and oxygen atoms in total. The topological polar surface area (TPSA) is 92.1 Å². The number of nitrogens with two attached hydrogens (primary N) is 1. The molecule has 1 aliphatic heterocycles. The lowest BCUT2D eigenvalue weighted by atomic mass is 9.97. The fourth-order valence-electron chi connectivity index (χ4n) is 3.47. The van der Waals surface area contributed by atoms with Gasteiger partial charge in [-0.05, 0) is 38.4 Å². The number of hydrogen-bond donors (Lipinski definition) is 2. The normalized spacial score (nSPS) is 18.4. The maximum atomic E-state index is 12.7. The van der Waals surface area contributed by atoms with Gasteiger partial charge in [0.05, 0.1) is 17.8 Å². The van der Waals surface area contributed by atoms with Crippen LogP contribution in [-0.2, 0) is 11.3 Å². The van der Waals surface area contributed by atoms with Gasteiger partial charge in [0.1, 0.15) is 10.7 Å². The molecule has 0 bridgehead atoms. The lowest BCUT2D eigenvalue weighted by molar-refractivity contribution is -0.123. The second-order valence-electron chi connectivity index (χ2n) is 6.73. The minimum Gasteiger partial charge on any atom is -0.369 e. The predicted molar refractivity (Wildman–Crippen MR) is 105 cm³/mol. The van der Waals surface area contributed by atoms with Crippen LogP contribution >= 0.6 is 22.7 Å². The molecule has 4 heterocycles. The Morgan fingerprint density at radius 1 is 1.46 bits per heavy atom. The number of fused-ring (bicyclic) bond motifs is 1. The average Bonchev–Trinajstić information content (AvgIpc) is 3.21. The molecule has 1 fully saturated rings. The summed E-state index contributed by atoms with van der Waals surface area (Å²) < 4.78 is 0. The first-order valence-corrected chi connectivity index (χ1v) is 10.3. The maximum Gasteiger partial charge on any atom is 0.260 e. The number of rotatable bonds is 4. The van der Waals surface area contributed by atoms with E-state index < -0.39 is 0 Å². The molecule has 3 aromatic rings. The highest BCUT2D eigenvalue weighted by Crippen LogP contribution is 2.35. The first-order chi connectivity index (χ1) is 12.5. The summed E-state index contributed by atoms with van der Waals surface area (Å²) >= 11 is 3.18. The van der Waals surface area contributed by atoms with Gasteiger partial charge in [-0.2, -0.15) is 0 Å². The van der Waals surface area contributed by atoms with Crippen LogP contribution in [0.1, 0.15) is 23.5 Å². The van der Waals surface area contributed by atoms with Crippen LogP contribution < -0.4 is 11.3 Å². The van der Waals surface area contributed by atoms with Crippen LogP contribution in [0.15, 0.2) is 22.3 Å². The predicted octanol–water partition coefficient (Wildman–Crippen LogP) is 2.72. The second-order valence-corrected chi connectivity index (χ2v) is 8.88. The Morgan fingerprint density at radius 2 is 2.31 bits per heavy atom. The number of amides is 1. The summed E-state index contributed by atoms with van der Waals surface area (Å²) in [6.45, 7) is 4.10. The highest BCUT2D eigenvalue weighted by atomic mass is 32.1. The van der Waals surface area contributed by atoms with Crippen molar-refractivity contribution in [3.05, 3.63) is 38.6 Å². The third-order valence-corrected chi connectivity index (χ3v) is 6.69. The number of thiophene rings is 2. The van der Waals surface area contributed by atoms with Crippen LogP contribution in [0.5, 0.6) is 0 Å². The number of carbonyl (C=O) groups is 1. The third-order valence-electron chi connectivity index (χ3n) is 4.78. The molecule has 3 aromatic heterocycles. The van der Waals surface area contributed by atoms with Crippen molar-refractivity contribution in [2.75, 3.05) is 13.1 Å². The lowest BCUT2D eigenvalue weighted by Gasteiger charge is -2.30. The van der Waals surface area contributed by atoms with Gasteiger partial charge in [0.15, 0.2) is 0 Å². The van der Waals surface area contributed by atoms with Crippen molar-refractivity contribution in [2.45, 2.75) is 26.3 Å². The average molecular weight is 389 g/mol. The fourth-order valence-corrected chi connectivity index (χ4v) is 5.39.